The number of aromatic amines is 1. The molecule has 0 saturated carbocycles. The summed E-state index contributed by atoms with van der Waals surface area (Å²) in [5.74, 6) is -0.562. The quantitative estimate of drug-likeness (QED) is 0.373. The molecule has 11 nitrogen and oxygen atoms in total. The predicted molar refractivity (Wildman–Crippen MR) is 131 cm³/mol. The van der Waals surface area contributed by atoms with Crippen LogP contribution >= 0.6 is 11.8 Å². The average Bonchev–Trinajstić information content (AvgIpc) is 3.44. The Hall–Kier alpha value is -3.54. The van der Waals surface area contributed by atoms with Crippen LogP contribution in [0.15, 0.2) is 33.9 Å². The number of ether oxygens (including phenoxy) is 2. The van der Waals surface area contributed by atoms with Gasteiger partial charge in [0.15, 0.2) is 0 Å². The van der Waals surface area contributed by atoms with Crippen molar-refractivity contribution in [2.45, 2.75) is 63.6 Å². The fourth-order valence-corrected chi connectivity index (χ4v) is 4.68. The molecule has 3 heterocycles. The molecule has 1 aromatic carbocycles. The predicted octanol–water partition coefficient (Wildman–Crippen LogP) is 3.36. The minimum atomic E-state index is -0.730. The second-order valence-corrected chi connectivity index (χ2v) is 10.4. The van der Waals surface area contributed by atoms with E-state index in [-0.39, 0.29) is 29.3 Å². The number of fused-ring (bicyclic) bond motifs is 3. The van der Waals surface area contributed by atoms with Gasteiger partial charge in [-0.15, -0.1) is 10.2 Å². The molecule has 192 valence electrons. The van der Waals surface area contributed by atoms with Gasteiger partial charge >= 0.3 is 12.1 Å². The maximum absolute atomic E-state index is 13.2. The van der Waals surface area contributed by atoms with E-state index in [1.807, 2.05) is 24.3 Å². The van der Waals surface area contributed by atoms with E-state index in [0.717, 1.165) is 33.9 Å². The lowest BCUT2D eigenvalue weighted by Crippen LogP contribution is -2.49. The number of aromatic nitrogens is 3. The molecule has 0 spiro atoms. The van der Waals surface area contributed by atoms with E-state index in [1.54, 1.807) is 27.7 Å². The summed E-state index contributed by atoms with van der Waals surface area (Å²) in [7, 11) is 1.32. The average molecular weight is 516 g/mol. The highest BCUT2D eigenvalue weighted by Crippen LogP contribution is 2.31. The van der Waals surface area contributed by atoms with Gasteiger partial charge in [0.1, 0.15) is 17.7 Å². The van der Waals surface area contributed by atoms with Crippen LogP contribution in [0, 0.1) is 0 Å². The van der Waals surface area contributed by atoms with Gasteiger partial charge in [0, 0.05) is 23.0 Å². The second-order valence-electron chi connectivity index (χ2n) is 9.46. The molecule has 36 heavy (non-hydrogen) atoms. The number of para-hydroxylation sites is 1. The number of benzene rings is 1. The van der Waals surface area contributed by atoms with E-state index in [0.29, 0.717) is 6.42 Å². The Kier molecular flexibility index (Phi) is 7.25. The van der Waals surface area contributed by atoms with Crippen LogP contribution in [-0.4, -0.2) is 62.6 Å². The molecule has 0 bridgehead atoms. The van der Waals surface area contributed by atoms with Crippen molar-refractivity contribution in [1.82, 2.24) is 25.4 Å². The summed E-state index contributed by atoms with van der Waals surface area (Å²) >= 11 is 1.06. The third-order valence-electron chi connectivity index (χ3n) is 5.64. The van der Waals surface area contributed by atoms with Gasteiger partial charge in [-0.2, -0.15) is 0 Å². The molecule has 2 aromatic heterocycles. The number of rotatable bonds is 6. The van der Waals surface area contributed by atoms with Gasteiger partial charge in [-0.25, -0.2) is 9.59 Å². The van der Waals surface area contributed by atoms with Crippen molar-refractivity contribution in [2.24, 2.45) is 0 Å². The normalized spacial score (nSPS) is 16.4. The van der Waals surface area contributed by atoms with E-state index < -0.39 is 29.7 Å². The number of nitrogens with one attached hydrogen (secondary N) is 2. The third kappa shape index (κ3) is 5.64. The van der Waals surface area contributed by atoms with E-state index >= 15 is 0 Å². The smallest absolute Gasteiger partial charge is 0.408 e. The second kappa shape index (κ2) is 10.2. The lowest BCUT2D eigenvalue weighted by Gasteiger charge is -2.33. The summed E-state index contributed by atoms with van der Waals surface area (Å²) in [4.78, 5) is 42.6. The number of nitrogens with zero attached hydrogens (tertiary/aromatic N) is 3. The van der Waals surface area contributed by atoms with Gasteiger partial charge in [-0.05, 0) is 39.3 Å². The summed E-state index contributed by atoms with van der Waals surface area (Å²) in [5.41, 5.74) is 2.24. The van der Waals surface area contributed by atoms with Gasteiger partial charge in [-0.3, -0.25) is 4.79 Å². The van der Waals surface area contributed by atoms with Gasteiger partial charge in [0.2, 0.25) is 11.8 Å². The Morgan fingerprint density at radius 3 is 2.75 bits per heavy atom. The maximum atomic E-state index is 13.2. The first-order chi connectivity index (χ1) is 17.1. The monoisotopic (exact) mass is 515 g/mol. The maximum Gasteiger partial charge on any atom is 0.408 e. The summed E-state index contributed by atoms with van der Waals surface area (Å²) in [6.07, 6.45) is -0.242. The first kappa shape index (κ1) is 25.5. The van der Waals surface area contributed by atoms with E-state index in [1.165, 1.54) is 12.0 Å². The van der Waals surface area contributed by atoms with Gasteiger partial charge in [0.25, 0.3) is 5.22 Å². The summed E-state index contributed by atoms with van der Waals surface area (Å²) < 4.78 is 15.8. The molecule has 3 aromatic rings. The Labute approximate surface area is 212 Å². The SMILES string of the molecule is COC(=O)[C@@H]1Cc2c([nH]c3ccccc23)CN1C(=O)CSc1nnc([C@H](C)NC(=O)OC(C)(C)C)o1. The van der Waals surface area contributed by atoms with Gasteiger partial charge in [0.05, 0.1) is 19.4 Å². The highest BCUT2D eigenvalue weighted by atomic mass is 32.2. The molecule has 0 radical (unpaired) electrons. The lowest BCUT2D eigenvalue weighted by molar-refractivity contribution is -0.153. The van der Waals surface area contributed by atoms with Crippen molar-refractivity contribution < 1.29 is 28.3 Å². The highest BCUT2D eigenvalue weighted by molar-refractivity contribution is 7.99. The lowest BCUT2D eigenvalue weighted by atomic mass is 9.96. The minimum Gasteiger partial charge on any atom is -0.467 e. The molecule has 1 aliphatic rings. The molecule has 2 amide bonds. The Morgan fingerprint density at radius 1 is 1.28 bits per heavy atom. The molecule has 0 saturated heterocycles. The summed E-state index contributed by atoms with van der Waals surface area (Å²) in [6.45, 7) is 7.24. The number of esters is 1. The molecular formula is C24H29N5O6S. The Morgan fingerprint density at radius 2 is 2.03 bits per heavy atom. The Balaban J connectivity index is 1.41. The number of methoxy groups -OCH3 is 1. The molecule has 2 atom stereocenters. The van der Waals surface area contributed by atoms with Crippen LogP contribution in [-0.2, 0) is 32.0 Å². The highest BCUT2D eigenvalue weighted by Gasteiger charge is 2.37. The number of hydrogen-bond donors (Lipinski definition) is 2. The van der Waals surface area contributed by atoms with Crippen LogP contribution in [0.5, 0.6) is 0 Å². The van der Waals surface area contributed by atoms with Gasteiger partial charge < -0.3 is 29.1 Å². The standard InChI is InChI=1S/C24H29N5O6S/c1-13(25-22(32)35-24(2,3)4)20-27-28-23(34-20)36-12-19(30)29-11-17-15(10-18(29)21(31)33-5)14-8-6-7-9-16(14)26-17/h6-9,13,18,26H,10-12H2,1-5H3,(H,25,32)/t13-,18-/m0/s1. The van der Waals surface area contributed by atoms with Crippen molar-refractivity contribution >= 4 is 40.6 Å². The van der Waals surface area contributed by atoms with Crippen LogP contribution < -0.4 is 5.32 Å². The van der Waals surface area contributed by atoms with E-state index in [9.17, 15) is 14.4 Å². The molecular weight excluding hydrogens is 486 g/mol. The third-order valence-corrected chi connectivity index (χ3v) is 6.45. The van der Waals surface area contributed by atoms with Crippen molar-refractivity contribution in [3.8, 4) is 0 Å². The van der Waals surface area contributed by atoms with Crippen molar-refractivity contribution in [2.75, 3.05) is 12.9 Å². The zero-order chi connectivity index (χ0) is 26.0. The topological polar surface area (TPSA) is 140 Å². The first-order valence-corrected chi connectivity index (χ1v) is 12.5. The van der Waals surface area contributed by atoms with Crippen LogP contribution in [0.2, 0.25) is 0 Å². The number of amides is 2. The van der Waals surface area contributed by atoms with Crippen LogP contribution in [0.4, 0.5) is 4.79 Å². The molecule has 1 aliphatic heterocycles. The molecule has 0 unspecified atom stereocenters. The molecule has 2 N–H and O–H groups in total. The summed E-state index contributed by atoms with van der Waals surface area (Å²) in [6, 6.07) is 6.53. The number of alkyl carbamates (subject to hydrolysis) is 1. The summed E-state index contributed by atoms with van der Waals surface area (Å²) in [5, 5.41) is 11.8. The molecule has 0 fully saturated rings. The van der Waals surface area contributed by atoms with E-state index in [4.69, 9.17) is 13.9 Å². The molecule has 4 rings (SSSR count). The number of H-pyrrole nitrogens is 1. The number of thioether (sulfide) groups is 1. The van der Waals surface area contributed by atoms with E-state index in [2.05, 4.69) is 20.5 Å². The number of hydrogen-bond acceptors (Lipinski definition) is 9. The van der Waals surface area contributed by atoms with Crippen molar-refractivity contribution in [3.05, 3.63) is 41.4 Å². The largest absolute Gasteiger partial charge is 0.467 e. The number of carbonyl (C=O) groups excluding carboxylic acids is 3. The Bertz CT molecular complexity index is 1280. The molecule has 12 heteroatoms. The molecule has 0 aliphatic carbocycles. The zero-order valence-corrected chi connectivity index (χ0v) is 21.6. The fourth-order valence-electron chi connectivity index (χ4n) is 4.02. The van der Waals surface area contributed by atoms with Crippen LogP contribution in [0.3, 0.4) is 0 Å². The van der Waals surface area contributed by atoms with Crippen molar-refractivity contribution in [1.29, 1.82) is 0 Å². The fraction of sp³-hybridized carbons (Fsp3) is 0.458. The first-order valence-electron chi connectivity index (χ1n) is 11.5. The van der Waals surface area contributed by atoms with Gasteiger partial charge in [-0.1, -0.05) is 30.0 Å². The van der Waals surface area contributed by atoms with Crippen LogP contribution in [0.25, 0.3) is 10.9 Å². The zero-order valence-electron chi connectivity index (χ0n) is 20.8. The number of carbonyl (C=O) groups is 3. The van der Waals surface area contributed by atoms with Crippen molar-refractivity contribution in [3.63, 3.8) is 0 Å². The minimum absolute atomic E-state index is 0.0153. The van der Waals surface area contributed by atoms with Crippen LogP contribution in [0.1, 0.15) is 50.9 Å².